The van der Waals surface area contributed by atoms with Crippen molar-refractivity contribution < 1.29 is 17.9 Å². The van der Waals surface area contributed by atoms with Gasteiger partial charge in [0.1, 0.15) is 4.21 Å². The van der Waals surface area contributed by atoms with E-state index in [0.29, 0.717) is 24.6 Å². The molecule has 0 saturated carbocycles. The summed E-state index contributed by atoms with van der Waals surface area (Å²) in [4.78, 5) is 14.0. The summed E-state index contributed by atoms with van der Waals surface area (Å²) in [6.45, 7) is 2.07. The summed E-state index contributed by atoms with van der Waals surface area (Å²) in [6.07, 6.45) is 1.82. The second-order valence-corrected chi connectivity index (χ2v) is 7.59. The number of likely N-dealkylation sites (tertiary alicyclic amines) is 1. The first kappa shape index (κ1) is 15.4. The molecule has 0 aliphatic carbocycles. The third kappa shape index (κ3) is 3.57. The van der Waals surface area contributed by atoms with Crippen molar-refractivity contribution in [3.8, 4) is 0 Å². The number of amides is 1. The van der Waals surface area contributed by atoms with Crippen molar-refractivity contribution in [3.63, 3.8) is 0 Å². The molecule has 0 spiro atoms. The van der Waals surface area contributed by atoms with E-state index in [1.54, 1.807) is 17.4 Å². The number of carbonyl (C=O) groups is 1. The lowest BCUT2D eigenvalue weighted by atomic mass is 9.97. The Kier molecular flexibility index (Phi) is 4.79. The molecule has 1 amide bonds. The van der Waals surface area contributed by atoms with Gasteiger partial charge in [0.2, 0.25) is 10.0 Å². The summed E-state index contributed by atoms with van der Waals surface area (Å²) in [6, 6.07) is 1.35. The zero-order chi connectivity index (χ0) is 14.8. The molecule has 6 nitrogen and oxygen atoms in total. The number of rotatable bonds is 4. The Hall–Kier alpha value is -0.960. The van der Waals surface area contributed by atoms with E-state index in [1.165, 1.54) is 6.07 Å². The van der Waals surface area contributed by atoms with Crippen molar-refractivity contribution in [1.82, 2.24) is 4.90 Å². The molecule has 1 fully saturated rings. The molecule has 1 aromatic rings. The molecule has 0 radical (unpaired) electrons. The van der Waals surface area contributed by atoms with Crippen LogP contribution in [-0.4, -0.2) is 46.0 Å². The molecule has 1 saturated heterocycles. The summed E-state index contributed by atoms with van der Waals surface area (Å²) >= 11 is 0.977. The van der Waals surface area contributed by atoms with Crippen LogP contribution in [0.3, 0.4) is 0 Å². The van der Waals surface area contributed by atoms with E-state index >= 15 is 0 Å². The topological polar surface area (TPSA) is 89.7 Å². The van der Waals surface area contributed by atoms with Gasteiger partial charge in [-0.1, -0.05) is 0 Å². The van der Waals surface area contributed by atoms with Crippen molar-refractivity contribution in [2.24, 2.45) is 11.1 Å². The SMILES string of the molecule is COCC1CCN(C(=O)c2csc(S(N)(=O)=O)c2)CC1. The number of nitrogens with two attached hydrogens (primary N) is 1. The van der Waals surface area contributed by atoms with E-state index in [4.69, 9.17) is 9.88 Å². The monoisotopic (exact) mass is 318 g/mol. The lowest BCUT2D eigenvalue weighted by molar-refractivity contribution is 0.0614. The number of primary sulfonamides is 1. The van der Waals surface area contributed by atoms with Crippen molar-refractivity contribution in [3.05, 3.63) is 17.0 Å². The van der Waals surface area contributed by atoms with Crippen LogP contribution in [-0.2, 0) is 14.8 Å². The first-order valence-corrected chi connectivity index (χ1v) is 8.74. The van der Waals surface area contributed by atoms with Crippen LogP contribution in [0.15, 0.2) is 15.7 Å². The summed E-state index contributed by atoms with van der Waals surface area (Å²) in [7, 11) is -2.05. The second-order valence-electron chi connectivity index (χ2n) is 4.89. The number of hydrogen-bond acceptors (Lipinski definition) is 5. The van der Waals surface area contributed by atoms with Gasteiger partial charge >= 0.3 is 0 Å². The van der Waals surface area contributed by atoms with Gasteiger partial charge < -0.3 is 9.64 Å². The van der Waals surface area contributed by atoms with Gasteiger partial charge in [0.05, 0.1) is 5.56 Å². The average Bonchev–Trinajstić information content (AvgIpc) is 2.89. The fourth-order valence-corrected chi connectivity index (χ4v) is 3.88. The molecule has 0 unspecified atom stereocenters. The molecule has 0 bridgehead atoms. The number of hydrogen-bond donors (Lipinski definition) is 1. The van der Waals surface area contributed by atoms with E-state index in [9.17, 15) is 13.2 Å². The van der Waals surface area contributed by atoms with Gasteiger partial charge in [-0.3, -0.25) is 4.79 Å². The van der Waals surface area contributed by atoms with Crippen LogP contribution in [0.5, 0.6) is 0 Å². The summed E-state index contributed by atoms with van der Waals surface area (Å²) < 4.78 is 27.6. The standard InChI is InChI=1S/C12H18N2O4S2/c1-18-7-9-2-4-14(5-3-9)12(15)10-6-11(19-8-10)20(13,16)17/h6,8-9H,2-5,7H2,1H3,(H2,13,16,17). The maximum atomic E-state index is 12.3. The van der Waals surface area contributed by atoms with Crippen LogP contribution < -0.4 is 5.14 Å². The molecule has 0 atom stereocenters. The molecule has 20 heavy (non-hydrogen) atoms. The van der Waals surface area contributed by atoms with Crippen LogP contribution >= 0.6 is 11.3 Å². The van der Waals surface area contributed by atoms with Crippen LogP contribution in [0, 0.1) is 5.92 Å². The fraction of sp³-hybridized carbons (Fsp3) is 0.583. The molecular formula is C12H18N2O4S2. The van der Waals surface area contributed by atoms with Gasteiger partial charge in [-0.15, -0.1) is 11.3 Å². The number of piperidine rings is 1. The highest BCUT2D eigenvalue weighted by atomic mass is 32.2. The van der Waals surface area contributed by atoms with Crippen molar-refractivity contribution >= 4 is 27.3 Å². The largest absolute Gasteiger partial charge is 0.384 e. The first-order valence-electron chi connectivity index (χ1n) is 6.31. The molecule has 0 aromatic carbocycles. The second kappa shape index (κ2) is 6.21. The van der Waals surface area contributed by atoms with E-state index in [-0.39, 0.29) is 10.1 Å². The van der Waals surface area contributed by atoms with Crippen LogP contribution in [0.2, 0.25) is 0 Å². The Labute approximate surface area is 122 Å². The minimum atomic E-state index is -3.73. The number of methoxy groups -OCH3 is 1. The lowest BCUT2D eigenvalue weighted by Gasteiger charge is -2.31. The number of nitrogens with zero attached hydrogens (tertiary/aromatic N) is 1. The van der Waals surface area contributed by atoms with Crippen molar-refractivity contribution in [2.75, 3.05) is 26.8 Å². The van der Waals surface area contributed by atoms with Gasteiger partial charge in [-0.05, 0) is 24.8 Å². The molecular weight excluding hydrogens is 300 g/mol. The van der Waals surface area contributed by atoms with Gasteiger partial charge in [-0.25, -0.2) is 13.6 Å². The highest BCUT2D eigenvalue weighted by Crippen LogP contribution is 2.23. The Morgan fingerprint density at radius 2 is 2.15 bits per heavy atom. The third-order valence-electron chi connectivity index (χ3n) is 3.41. The predicted molar refractivity (Wildman–Crippen MR) is 76.2 cm³/mol. The maximum absolute atomic E-state index is 12.3. The quantitative estimate of drug-likeness (QED) is 0.893. The fourth-order valence-electron chi connectivity index (χ4n) is 2.30. The lowest BCUT2D eigenvalue weighted by Crippen LogP contribution is -2.39. The number of ether oxygens (including phenoxy) is 1. The van der Waals surface area contributed by atoms with Crippen LogP contribution in [0.4, 0.5) is 0 Å². The molecule has 2 N–H and O–H groups in total. The zero-order valence-corrected chi connectivity index (χ0v) is 12.9. The molecule has 1 aliphatic rings. The molecule has 112 valence electrons. The minimum absolute atomic E-state index is 0.0233. The summed E-state index contributed by atoms with van der Waals surface area (Å²) in [5.41, 5.74) is 0.393. The number of carbonyl (C=O) groups excluding carboxylic acids is 1. The predicted octanol–water partition coefficient (Wildman–Crippen LogP) is 0.894. The molecule has 1 aliphatic heterocycles. The summed E-state index contributed by atoms with van der Waals surface area (Å²) in [5, 5.41) is 6.59. The maximum Gasteiger partial charge on any atom is 0.254 e. The van der Waals surface area contributed by atoms with E-state index in [2.05, 4.69) is 0 Å². The van der Waals surface area contributed by atoms with E-state index in [0.717, 1.165) is 30.8 Å². The number of thiophene rings is 1. The normalized spacial score (nSPS) is 17.4. The van der Waals surface area contributed by atoms with E-state index in [1.807, 2.05) is 0 Å². The average molecular weight is 318 g/mol. The first-order chi connectivity index (χ1) is 9.41. The van der Waals surface area contributed by atoms with Crippen molar-refractivity contribution in [1.29, 1.82) is 0 Å². The zero-order valence-electron chi connectivity index (χ0n) is 11.2. The van der Waals surface area contributed by atoms with Gasteiger partial charge in [-0.2, -0.15) is 0 Å². The summed E-state index contributed by atoms with van der Waals surface area (Å²) in [5.74, 6) is 0.360. The Morgan fingerprint density at radius 1 is 1.50 bits per heavy atom. The van der Waals surface area contributed by atoms with Gasteiger partial charge in [0.15, 0.2) is 0 Å². The van der Waals surface area contributed by atoms with Crippen molar-refractivity contribution in [2.45, 2.75) is 17.1 Å². The highest BCUT2D eigenvalue weighted by Gasteiger charge is 2.25. The Morgan fingerprint density at radius 3 is 2.65 bits per heavy atom. The molecule has 2 heterocycles. The van der Waals surface area contributed by atoms with E-state index < -0.39 is 10.0 Å². The number of sulfonamides is 1. The molecule has 2 rings (SSSR count). The van der Waals surface area contributed by atoms with Gasteiger partial charge in [0.25, 0.3) is 5.91 Å². The Balaban J connectivity index is 2.00. The molecule has 1 aromatic heterocycles. The minimum Gasteiger partial charge on any atom is -0.384 e. The smallest absolute Gasteiger partial charge is 0.254 e. The Bertz CT molecular complexity index is 574. The molecule has 8 heteroatoms. The highest BCUT2D eigenvalue weighted by molar-refractivity contribution is 7.91. The van der Waals surface area contributed by atoms with Crippen LogP contribution in [0.25, 0.3) is 0 Å². The third-order valence-corrected chi connectivity index (χ3v) is 5.79. The van der Waals surface area contributed by atoms with Crippen LogP contribution in [0.1, 0.15) is 23.2 Å². The van der Waals surface area contributed by atoms with Gasteiger partial charge in [0, 0.05) is 32.2 Å².